The molecule has 1 fully saturated rings. The van der Waals surface area contributed by atoms with Crippen LogP contribution in [0.25, 0.3) is 0 Å². The fourth-order valence-corrected chi connectivity index (χ4v) is 2.49. The standard InChI is InChI=1S/C18H19FN2O3/c19-15-7-4-8-16(24-14-5-2-1-3-6-14)18(15)21-17(22)11-13-12-23-10-9-20-13/h1-8,13,20H,9-12H2,(H,21,22). The number of benzene rings is 2. The van der Waals surface area contributed by atoms with Crippen LogP contribution in [0.15, 0.2) is 48.5 Å². The van der Waals surface area contributed by atoms with Gasteiger partial charge in [-0.25, -0.2) is 4.39 Å². The van der Waals surface area contributed by atoms with Crippen molar-refractivity contribution in [3.8, 4) is 11.5 Å². The minimum absolute atomic E-state index is 0.0445. The monoisotopic (exact) mass is 330 g/mol. The van der Waals surface area contributed by atoms with Crippen molar-refractivity contribution in [2.24, 2.45) is 0 Å². The van der Waals surface area contributed by atoms with Crippen molar-refractivity contribution in [3.05, 3.63) is 54.3 Å². The van der Waals surface area contributed by atoms with Crippen molar-refractivity contribution in [2.75, 3.05) is 25.1 Å². The van der Waals surface area contributed by atoms with Gasteiger partial charge in [0.15, 0.2) is 11.6 Å². The molecule has 0 bridgehead atoms. The third-order valence-electron chi connectivity index (χ3n) is 3.64. The Bertz CT molecular complexity index is 688. The molecule has 1 aliphatic rings. The minimum Gasteiger partial charge on any atom is -0.455 e. The van der Waals surface area contributed by atoms with Gasteiger partial charge in [-0.15, -0.1) is 0 Å². The lowest BCUT2D eigenvalue weighted by Crippen LogP contribution is -2.43. The van der Waals surface area contributed by atoms with E-state index in [1.54, 1.807) is 24.3 Å². The first-order valence-electron chi connectivity index (χ1n) is 7.85. The molecule has 1 atom stereocenters. The normalized spacial score (nSPS) is 17.3. The Hall–Kier alpha value is -2.44. The van der Waals surface area contributed by atoms with Crippen LogP contribution in [0.2, 0.25) is 0 Å². The lowest BCUT2D eigenvalue weighted by molar-refractivity contribution is -0.117. The van der Waals surface area contributed by atoms with Gasteiger partial charge in [-0.3, -0.25) is 4.79 Å². The van der Waals surface area contributed by atoms with Gasteiger partial charge in [0.1, 0.15) is 11.4 Å². The van der Waals surface area contributed by atoms with Crippen molar-refractivity contribution in [2.45, 2.75) is 12.5 Å². The number of para-hydroxylation sites is 2. The number of morpholine rings is 1. The zero-order chi connectivity index (χ0) is 16.8. The second-order valence-corrected chi connectivity index (χ2v) is 5.51. The number of halogens is 1. The van der Waals surface area contributed by atoms with Crippen LogP contribution in [-0.4, -0.2) is 31.7 Å². The Morgan fingerprint density at radius 3 is 2.83 bits per heavy atom. The van der Waals surface area contributed by atoms with Crippen LogP contribution in [0.5, 0.6) is 11.5 Å². The first-order valence-corrected chi connectivity index (χ1v) is 7.85. The molecule has 2 aromatic carbocycles. The van der Waals surface area contributed by atoms with E-state index < -0.39 is 5.82 Å². The van der Waals surface area contributed by atoms with E-state index in [-0.39, 0.29) is 29.8 Å². The van der Waals surface area contributed by atoms with Gasteiger partial charge in [0, 0.05) is 19.0 Å². The van der Waals surface area contributed by atoms with Crippen LogP contribution in [-0.2, 0) is 9.53 Å². The predicted molar refractivity (Wildman–Crippen MR) is 88.8 cm³/mol. The average Bonchev–Trinajstić information content (AvgIpc) is 2.60. The van der Waals surface area contributed by atoms with Gasteiger partial charge in [-0.2, -0.15) is 0 Å². The SMILES string of the molecule is O=C(CC1COCCN1)Nc1c(F)cccc1Oc1ccccc1. The maximum atomic E-state index is 14.2. The van der Waals surface area contributed by atoms with Crippen LogP contribution in [0.3, 0.4) is 0 Å². The molecule has 5 nitrogen and oxygen atoms in total. The molecule has 1 amide bonds. The fourth-order valence-electron chi connectivity index (χ4n) is 2.49. The molecule has 2 aromatic rings. The highest BCUT2D eigenvalue weighted by Crippen LogP contribution is 2.31. The zero-order valence-corrected chi connectivity index (χ0v) is 13.1. The van der Waals surface area contributed by atoms with E-state index in [0.717, 1.165) is 0 Å². The molecule has 1 unspecified atom stereocenters. The first kappa shape index (κ1) is 16.4. The van der Waals surface area contributed by atoms with Crippen LogP contribution in [0.1, 0.15) is 6.42 Å². The van der Waals surface area contributed by atoms with Gasteiger partial charge >= 0.3 is 0 Å². The van der Waals surface area contributed by atoms with Gasteiger partial charge in [0.25, 0.3) is 0 Å². The number of anilines is 1. The molecule has 2 N–H and O–H groups in total. The topological polar surface area (TPSA) is 59.6 Å². The summed E-state index contributed by atoms with van der Waals surface area (Å²) < 4.78 is 25.2. The lowest BCUT2D eigenvalue weighted by Gasteiger charge is -2.23. The van der Waals surface area contributed by atoms with E-state index in [2.05, 4.69) is 10.6 Å². The molecule has 0 aromatic heterocycles. The molecular weight excluding hydrogens is 311 g/mol. The summed E-state index contributed by atoms with van der Waals surface area (Å²) in [5, 5.41) is 5.81. The largest absolute Gasteiger partial charge is 0.455 e. The molecule has 0 saturated carbocycles. The minimum atomic E-state index is -0.537. The molecule has 0 aliphatic carbocycles. The summed E-state index contributed by atoms with van der Waals surface area (Å²) in [6.07, 6.45) is 0.207. The van der Waals surface area contributed by atoms with Crippen LogP contribution < -0.4 is 15.4 Å². The summed E-state index contributed by atoms with van der Waals surface area (Å²) in [6.45, 7) is 1.82. The Balaban J connectivity index is 1.71. The van der Waals surface area contributed by atoms with Gasteiger partial charge in [0.05, 0.1) is 13.2 Å². The van der Waals surface area contributed by atoms with Crippen LogP contribution >= 0.6 is 0 Å². The molecule has 6 heteroatoms. The molecule has 0 spiro atoms. The van der Waals surface area contributed by atoms with Crippen molar-refractivity contribution in [1.82, 2.24) is 5.32 Å². The van der Waals surface area contributed by atoms with E-state index in [9.17, 15) is 9.18 Å². The van der Waals surface area contributed by atoms with Gasteiger partial charge in [-0.05, 0) is 24.3 Å². The van der Waals surface area contributed by atoms with Crippen LogP contribution in [0, 0.1) is 5.82 Å². The third kappa shape index (κ3) is 4.31. The molecule has 1 saturated heterocycles. The van der Waals surface area contributed by atoms with Crippen molar-refractivity contribution in [1.29, 1.82) is 0 Å². The second-order valence-electron chi connectivity index (χ2n) is 5.51. The molecular formula is C18H19FN2O3. The quantitative estimate of drug-likeness (QED) is 0.885. The molecule has 126 valence electrons. The lowest BCUT2D eigenvalue weighted by atomic mass is 10.2. The number of nitrogens with one attached hydrogen (secondary N) is 2. The number of rotatable bonds is 5. The summed E-state index contributed by atoms with van der Waals surface area (Å²) >= 11 is 0. The maximum absolute atomic E-state index is 14.2. The van der Waals surface area contributed by atoms with Gasteiger partial charge in [0.2, 0.25) is 5.91 Å². The number of hydrogen-bond donors (Lipinski definition) is 2. The maximum Gasteiger partial charge on any atom is 0.226 e. The second kappa shape index (κ2) is 7.90. The van der Waals surface area contributed by atoms with Gasteiger partial charge < -0.3 is 20.1 Å². The number of carbonyl (C=O) groups is 1. The van der Waals surface area contributed by atoms with Crippen LogP contribution in [0.4, 0.5) is 10.1 Å². The third-order valence-corrected chi connectivity index (χ3v) is 3.64. The molecule has 0 radical (unpaired) electrons. The Morgan fingerprint density at radius 2 is 2.08 bits per heavy atom. The highest BCUT2D eigenvalue weighted by molar-refractivity contribution is 5.92. The number of ether oxygens (including phenoxy) is 2. The summed E-state index contributed by atoms with van der Waals surface area (Å²) in [6, 6.07) is 13.4. The van der Waals surface area contributed by atoms with Crippen molar-refractivity contribution in [3.63, 3.8) is 0 Å². The zero-order valence-electron chi connectivity index (χ0n) is 13.1. The van der Waals surface area contributed by atoms with E-state index in [1.807, 2.05) is 18.2 Å². The predicted octanol–water partition coefficient (Wildman–Crippen LogP) is 2.94. The average molecular weight is 330 g/mol. The summed E-state index contributed by atoms with van der Waals surface area (Å²) in [5.41, 5.74) is 0.0445. The highest BCUT2D eigenvalue weighted by Gasteiger charge is 2.19. The Morgan fingerprint density at radius 1 is 1.25 bits per heavy atom. The summed E-state index contributed by atoms with van der Waals surface area (Å²) in [4.78, 5) is 12.2. The van der Waals surface area contributed by atoms with E-state index in [1.165, 1.54) is 6.07 Å². The van der Waals surface area contributed by atoms with E-state index >= 15 is 0 Å². The smallest absolute Gasteiger partial charge is 0.226 e. The molecule has 1 aliphatic heterocycles. The first-order chi connectivity index (χ1) is 11.7. The Labute approximate surface area is 139 Å². The van der Waals surface area contributed by atoms with E-state index in [0.29, 0.717) is 25.5 Å². The van der Waals surface area contributed by atoms with Crippen molar-refractivity contribution >= 4 is 11.6 Å². The summed E-state index contributed by atoms with van der Waals surface area (Å²) in [7, 11) is 0. The molecule has 3 rings (SSSR count). The van der Waals surface area contributed by atoms with E-state index in [4.69, 9.17) is 9.47 Å². The number of amides is 1. The highest BCUT2D eigenvalue weighted by atomic mass is 19.1. The molecule has 24 heavy (non-hydrogen) atoms. The molecule has 1 heterocycles. The van der Waals surface area contributed by atoms with Crippen molar-refractivity contribution < 1.29 is 18.7 Å². The fraction of sp³-hybridized carbons (Fsp3) is 0.278. The Kier molecular flexibility index (Phi) is 5.40. The summed E-state index contributed by atoms with van der Waals surface area (Å²) in [5.74, 6) is 0.00833. The number of hydrogen-bond acceptors (Lipinski definition) is 4. The van der Waals surface area contributed by atoms with Gasteiger partial charge in [-0.1, -0.05) is 24.3 Å². The number of carbonyl (C=O) groups excluding carboxylic acids is 1.